The minimum Gasteiger partial charge on any atom is -0.314 e. The molecule has 2 atom stereocenters. The molecule has 1 heterocycles. The minimum atomic E-state index is 0. The summed E-state index contributed by atoms with van der Waals surface area (Å²) in [7, 11) is 0. The van der Waals surface area contributed by atoms with Crippen molar-refractivity contribution in [3.8, 4) is 0 Å². The molecule has 4 heteroatoms. The molecule has 0 saturated carbocycles. The van der Waals surface area contributed by atoms with E-state index in [4.69, 9.17) is 0 Å². The van der Waals surface area contributed by atoms with Crippen molar-refractivity contribution in [3.63, 3.8) is 0 Å². The third kappa shape index (κ3) is 3.48. The molecule has 0 aliphatic carbocycles. The molecule has 2 nitrogen and oxygen atoms in total. The fraction of sp³-hybridized carbons (Fsp3) is 1.00. The maximum Gasteiger partial charge on any atom is 0.0195 e. The van der Waals surface area contributed by atoms with Gasteiger partial charge in [-0.25, -0.2) is 0 Å². The highest BCUT2D eigenvalue weighted by Crippen LogP contribution is 2.07. The Kier molecular flexibility index (Phi) is 8.69. The van der Waals surface area contributed by atoms with Crippen molar-refractivity contribution in [1.82, 2.24) is 10.2 Å². The predicted octanol–water partition coefficient (Wildman–Crippen LogP) is 1.53. The SMILES string of the molecule is CCN1[C@H](C)CNC[C@H]1C.Cl.Cl. The van der Waals surface area contributed by atoms with Crippen molar-refractivity contribution in [3.05, 3.63) is 0 Å². The maximum absolute atomic E-state index is 3.41. The number of nitrogens with one attached hydrogen (secondary N) is 1. The van der Waals surface area contributed by atoms with Gasteiger partial charge in [0.25, 0.3) is 0 Å². The van der Waals surface area contributed by atoms with Crippen molar-refractivity contribution in [2.45, 2.75) is 32.9 Å². The lowest BCUT2D eigenvalue weighted by molar-refractivity contribution is 0.124. The molecule has 1 fully saturated rings. The monoisotopic (exact) mass is 214 g/mol. The third-order valence-electron chi connectivity index (χ3n) is 2.38. The summed E-state index contributed by atoms with van der Waals surface area (Å²) in [4.78, 5) is 2.54. The standard InChI is InChI=1S/C8H18N2.2ClH/c1-4-10-7(2)5-9-6-8(10)3;;/h7-9H,4-6H2,1-3H3;2*1H/t7-,8-;;/m1../s1. The first-order chi connectivity index (χ1) is 4.75. The summed E-state index contributed by atoms with van der Waals surface area (Å²) < 4.78 is 0. The Bertz CT molecular complexity index is 101. The van der Waals surface area contributed by atoms with Gasteiger partial charge >= 0.3 is 0 Å². The van der Waals surface area contributed by atoms with E-state index in [1.165, 1.54) is 6.54 Å². The van der Waals surface area contributed by atoms with Crippen LogP contribution in [0.4, 0.5) is 0 Å². The van der Waals surface area contributed by atoms with E-state index in [1.807, 2.05) is 0 Å². The topological polar surface area (TPSA) is 15.3 Å². The lowest BCUT2D eigenvalue weighted by Gasteiger charge is -2.38. The fourth-order valence-electron chi connectivity index (χ4n) is 1.79. The summed E-state index contributed by atoms with van der Waals surface area (Å²) in [5.74, 6) is 0. The molecule has 0 bridgehead atoms. The Labute approximate surface area is 87.9 Å². The maximum atomic E-state index is 3.41. The molecule has 76 valence electrons. The first-order valence-corrected chi connectivity index (χ1v) is 4.22. The van der Waals surface area contributed by atoms with Gasteiger partial charge in [-0.1, -0.05) is 6.92 Å². The zero-order valence-electron chi connectivity index (χ0n) is 8.04. The summed E-state index contributed by atoms with van der Waals surface area (Å²) >= 11 is 0. The van der Waals surface area contributed by atoms with Crippen LogP contribution in [0.1, 0.15) is 20.8 Å². The number of hydrogen-bond acceptors (Lipinski definition) is 2. The van der Waals surface area contributed by atoms with E-state index in [1.54, 1.807) is 0 Å². The number of rotatable bonds is 1. The number of halogens is 2. The second kappa shape index (κ2) is 6.96. The van der Waals surface area contributed by atoms with Gasteiger partial charge in [0.05, 0.1) is 0 Å². The van der Waals surface area contributed by atoms with Crippen LogP contribution in [0.15, 0.2) is 0 Å². The van der Waals surface area contributed by atoms with E-state index < -0.39 is 0 Å². The van der Waals surface area contributed by atoms with E-state index in [2.05, 4.69) is 31.0 Å². The van der Waals surface area contributed by atoms with Crippen LogP contribution in [0, 0.1) is 0 Å². The highest BCUT2D eigenvalue weighted by Gasteiger charge is 2.21. The Morgan fingerprint density at radius 2 is 1.58 bits per heavy atom. The van der Waals surface area contributed by atoms with Gasteiger partial charge in [0.15, 0.2) is 0 Å². The van der Waals surface area contributed by atoms with Gasteiger partial charge in [-0.15, -0.1) is 24.8 Å². The van der Waals surface area contributed by atoms with Gasteiger partial charge in [0, 0.05) is 25.2 Å². The van der Waals surface area contributed by atoms with Crippen LogP contribution >= 0.6 is 24.8 Å². The molecule has 12 heavy (non-hydrogen) atoms. The lowest BCUT2D eigenvalue weighted by Crippen LogP contribution is -2.54. The molecule has 0 amide bonds. The summed E-state index contributed by atoms with van der Waals surface area (Å²) in [6, 6.07) is 1.43. The summed E-state index contributed by atoms with van der Waals surface area (Å²) in [6.07, 6.45) is 0. The van der Waals surface area contributed by atoms with Gasteiger partial charge < -0.3 is 5.32 Å². The minimum absolute atomic E-state index is 0. The molecule has 1 aliphatic rings. The Balaban J connectivity index is 0. The van der Waals surface area contributed by atoms with Crippen LogP contribution < -0.4 is 5.32 Å². The van der Waals surface area contributed by atoms with E-state index >= 15 is 0 Å². The Hall–Kier alpha value is 0.500. The van der Waals surface area contributed by atoms with E-state index in [0.29, 0.717) is 12.1 Å². The molecule has 0 radical (unpaired) electrons. The number of hydrogen-bond donors (Lipinski definition) is 1. The summed E-state index contributed by atoms with van der Waals surface area (Å²) in [6.45, 7) is 10.3. The largest absolute Gasteiger partial charge is 0.314 e. The Morgan fingerprint density at radius 3 is 1.83 bits per heavy atom. The molecular weight excluding hydrogens is 195 g/mol. The summed E-state index contributed by atoms with van der Waals surface area (Å²) in [5, 5.41) is 3.41. The lowest BCUT2D eigenvalue weighted by atomic mass is 10.1. The molecule has 0 aromatic carbocycles. The Morgan fingerprint density at radius 1 is 1.17 bits per heavy atom. The molecule has 0 aromatic rings. The smallest absolute Gasteiger partial charge is 0.0195 e. The fourth-order valence-corrected chi connectivity index (χ4v) is 1.79. The van der Waals surface area contributed by atoms with Crippen LogP contribution in [-0.4, -0.2) is 36.6 Å². The zero-order valence-corrected chi connectivity index (χ0v) is 9.67. The average molecular weight is 215 g/mol. The predicted molar refractivity (Wildman–Crippen MR) is 58.7 cm³/mol. The molecule has 0 spiro atoms. The first-order valence-electron chi connectivity index (χ1n) is 4.22. The van der Waals surface area contributed by atoms with Gasteiger partial charge in [0.2, 0.25) is 0 Å². The number of likely N-dealkylation sites (N-methyl/N-ethyl adjacent to an activating group) is 1. The normalized spacial score (nSPS) is 30.2. The molecule has 0 unspecified atom stereocenters. The molecule has 1 rings (SSSR count). The number of piperazine rings is 1. The molecular formula is C8H20Cl2N2. The van der Waals surface area contributed by atoms with Crippen molar-refractivity contribution in [1.29, 1.82) is 0 Å². The quantitative estimate of drug-likeness (QED) is 0.713. The molecule has 1 aliphatic heterocycles. The summed E-state index contributed by atoms with van der Waals surface area (Å²) in [5.41, 5.74) is 0. The van der Waals surface area contributed by atoms with Crippen LogP contribution in [0.25, 0.3) is 0 Å². The van der Waals surface area contributed by atoms with Crippen LogP contribution in [0.2, 0.25) is 0 Å². The van der Waals surface area contributed by atoms with Crippen molar-refractivity contribution >= 4 is 24.8 Å². The zero-order chi connectivity index (χ0) is 7.56. The van der Waals surface area contributed by atoms with Crippen LogP contribution in [0.3, 0.4) is 0 Å². The molecule has 1 saturated heterocycles. The van der Waals surface area contributed by atoms with E-state index in [9.17, 15) is 0 Å². The van der Waals surface area contributed by atoms with Crippen molar-refractivity contribution < 1.29 is 0 Å². The van der Waals surface area contributed by atoms with Gasteiger partial charge in [-0.2, -0.15) is 0 Å². The average Bonchev–Trinajstić information content (AvgIpc) is 1.88. The van der Waals surface area contributed by atoms with Crippen LogP contribution in [-0.2, 0) is 0 Å². The second-order valence-electron chi connectivity index (χ2n) is 3.19. The van der Waals surface area contributed by atoms with Crippen LogP contribution in [0.5, 0.6) is 0 Å². The van der Waals surface area contributed by atoms with E-state index in [0.717, 1.165) is 13.1 Å². The van der Waals surface area contributed by atoms with Gasteiger partial charge in [0.1, 0.15) is 0 Å². The van der Waals surface area contributed by atoms with Gasteiger partial charge in [-0.05, 0) is 20.4 Å². The van der Waals surface area contributed by atoms with Gasteiger partial charge in [-0.3, -0.25) is 4.90 Å². The highest BCUT2D eigenvalue weighted by molar-refractivity contribution is 5.85. The van der Waals surface area contributed by atoms with E-state index in [-0.39, 0.29) is 24.8 Å². The highest BCUT2D eigenvalue weighted by atomic mass is 35.5. The second-order valence-corrected chi connectivity index (χ2v) is 3.19. The third-order valence-corrected chi connectivity index (χ3v) is 2.38. The molecule has 1 N–H and O–H groups in total. The molecule has 0 aromatic heterocycles. The number of nitrogens with zero attached hydrogens (tertiary/aromatic N) is 1. The van der Waals surface area contributed by atoms with Crippen molar-refractivity contribution in [2.75, 3.05) is 19.6 Å². The first kappa shape index (κ1) is 15.0. The van der Waals surface area contributed by atoms with Crippen molar-refractivity contribution in [2.24, 2.45) is 0 Å².